The van der Waals surface area contributed by atoms with E-state index in [1.54, 1.807) is 6.92 Å². The van der Waals surface area contributed by atoms with Gasteiger partial charge in [-0.05, 0) is 12.8 Å². The average molecular weight is 140 g/mol. The quantitative estimate of drug-likeness (QED) is 0.548. The fourth-order valence-corrected chi connectivity index (χ4v) is 0.602. The summed E-state index contributed by atoms with van der Waals surface area (Å²) in [5.74, 6) is 0.846. The van der Waals surface area contributed by atoms with Crippen LogP contribution in [0.5, 0.6) is 0 Å². The Labute approximate surface area is 63.1 Å². The molecule has 0 amide bonds. The number of allylic oxidation sites excluding steroid dienone is 2. The van der Waals surface area contributed by atoms with E-state index in [0.29, 0.717) is 12.3 Å². The number of hydrogen-bond acceptors (Lipinski definition) is 1. The van der Waals surface area contributed by atoms with E-state index in [2.05, 4.69) is 19.9 Å². The Morgan fingerprint density at radius 3 is 2.60 bits per heavy atom. The van der Waals surface area contributed by atoms with Crippen molar-refractivity contribution in [1.29, 1.82) is 0 Å². The number of ketones is 1. The summed E-state index contributed by atoms with van der Waals surface area (Å²) >= 11 is 0. The van der Waals surface area contributed by atoms with E-state index >= 15 is 0 Å². The van der Waals surface area contributed by atoms with Crippen molar-refractivity contribution in [2.45, 2.75) is 33.6 Å². The van der Waals surface area contributed by atoms with Crippen LogP contribution in [0.2, 0.25) is 0 Å². The highest BCUT2D eigenvalue weighted by Crippen LogP contribution is 2.02. The summed E-state index contributed by atoms with van der Waals surface area (Å²) in [5.41, 5.74) is 0. The van der Waals surface area contributed by atoms with Crippen LogP contribution in [0.25, 0.3) is 0 Å². The lowest BCUT2D eigenvalue weighted by Gasteiger charge is -1.97. The molecule has 0 aliphatic carbocycles. The van der Waals surface area contributed by atoms with Crippen LogP contribution in [0.15, 0.2) is 12.2 Å². The van der Waals surface area contributed by atoms with E-state index < -0.39 is 0 Å². The van der Waals surface area contributed by atoms with E-state index in [0.717, 1.165) is 6.42 Å². The largest absolute Gasteiger partial charge is 0.300 e. The third-order valence-corrected chi connectivity index (χ3v) is 1.51. The molecule has 0 radical (unpaired) electrons. The summed E-state index contributed by atoms with van der Waals surface area (Å²) in [6.45, 7) is 5.90. The van der Waals surface area contributed by atoms with Crippen molar-refractivity contribution < 1.29 is 4.79 Å². The molecule has 0 N–H and O–H groups in total. The SMILES string of the molecule is CCC(C)/C=C\CC(C)=O. The molecule has 10 heavy (non-hydrogen) atoms. The fourth-order valence-electron chi connectivity index (χ4n) is 0.602. The highest BCUT2D eigenvalue weighted by Gasteiger charge is 1.90. The van der Waals surface area contributed by atoms with Gasteiger partial charge in [-0.1, -0.05) is 32.4 Å². The minimum atomic E-state index is 0.236. The van der Waals surface area contributed by atoms with E-state index in [4.69, 9.17) is 0 Å². The maximum Gasteiger partial charge on any atom is 0.133 e. The van der Waals surface area contributed by atoms with Crippen LogP contribution >= 0.6 is 0 Å². The monoisotopic (exact) mass is 140 g/mol. The molecule has 0 rings (SSSR count). The molecule has 0 aliphatic heterocycles. The average Bonchev–Trinajstić information content (AvgIpc) is 1.87. The van der Waals surface area contributed by atoms with E-state index in [-0.39, 0.29) is 5.78 Å². The lowest BCUT2D eigenvalue weighted by Crippen LogP contribution is -1.88. The second-order valence-electron chi connectivity index (χ2n) is 2.72. The third kappa shape index (κ3) is 5.54. The molecule has 0 bridgehead atoms. The van der Waals surface area contributed by atoms with Gasteiger partial charge in [-0.25, -0.2) is 0 Å². The van der Waals surface area contributed by atoms with Gasteiger partial charge >= 0.3 is 0 Å². The second-order valence-corrected chi connectivity index (χ2v) is 2.72. The molecular formula is C9H16O. The van der Waals surface area contributed by atoms with Crippen LogP contribution in [0.4, 0.5) is 0 Å². The van der Waals surface area contributed by atoms with Gasteiger partial charge in [0.05, 0.1) is 0 Å². The molecule has 1 unspecified atom stereocenters. The summed E-state index contributed by atoms with van der Waals surface area (Å²) in [5, 5.41) is 0. The topological polar surface area (TPSA) is 17.1 Å². The molecule has 0 aliphatic rings. The number of carbonyl (C=O) groups is 1. The van der Waals surface area contributed by atoms with Gasteiger partial charge < -0.3 is 0 Å². The normalized spacial score (nSPS) is 13.9. The number of Topliss-reactive ketones (excluding diaryl/α,β-unsaturated/α-hetero) is 1. The molecule has 0 spiro atoms. The van der Waals surface area contributed by atoms with Crippen LogP contribution in [0, 0.1) is 5.92 Å². The standard InChI is InChI=1S/C9H16O/c1-4-8(2)6-5-7-9(3)10/h5-6,8H,4,7H2,1-3H3/b6-5-. The first kappa shape index (κ1) is 9.41. The minimum Gasteiger partial charge on any atom is -0.300 e. The van der Waals surface area contributed by atoms with Crippen molar-refractivity contribution in [3.05, 3.63) is 12.2 Å². The van der Waals surface area contributed by atoms with Gasteiger partial charge in [-0.2, -0.15) is 0 Å². The molecule has 1 heteroatoms. The number of hydrogen-bond donors (Lipinski definition) is 0. The van der Waals surface area contributed by atoms with Gasteiger partial charge in [0.15, 0.2) is 0 Å². The van der Waals surface area contributed by atoms with Crippen LogP contribution in [-0.4, -0.2) is 5.78 Å². The Balaban J connectivity index is 3.45. The zero-order valence-electron chi connectivity index (χ0n) is 7.05. The molecule has 58 valence electrons. The molecule has 0 aromatic carbocycles. The predicted octanol–water partition coefficient (Wildman–Crippen LogP) is 2.57. The lowest BCUT2D eigenvalue weighted by atomic mass is 10.1. The maximum absolute atomic E-state index is 10.5. The zero-order valence-corrected chi connectivity index (χ0v) is 7.05. The van der Waals surface area contributed by atoms with Gasteiger partial charge in [-0.3, -0.25) is 4.79 Å². The van der Waals surface area contributed by atoms with Crippen molar-refractivity contribution >= 4 is 5.78 Å². The summed E-state index contributed by atoms with van der Waals surface area (Å²) < 4.78 is 0. The summed E-state index contributed by atoms with van der Waals surface area (Å²) in [6.07, 6.45) is 5.79. The lowest BCUT2D eigenvalue weighted by molar-refractivity contribution is -0.116. The molecule has 0 heterocycles. The highest BCUT2D eigenvalue weighted by molar-refractivity contribution is 5.76. The van der Waals surface area contributed by atoms with E-state index in [1.165, 1.54) is 0 Å². The molecule has 0 saturated carbocycles. The summed E-state index contributed by atoms with van der Waals surface area (Å²) in [4.78, 5) is 10.5. The van der Waals surface area contributed by atoms with Crippen molar-refractivity contribution in [3.8, 4) is 0 Å². The van der Waals surface area contributed by atoms with Gasteiger partial charge in [0.2, 0.25) is 0 Å². The summed E-state index contributed by atoms with van der Waals surface area (Å²) in [7, 11) is 0. The minimum absolute atomic E-state index is 0.236. The van der Waals surface area contributed by atoms with Gasteiger partial charge in [0.1, 0.15) is 5.78 Å². The fraction of sp³-hybridized carbons (Fsp3) is 0.667. The smallest absolute Gasteiger partial charge is 0.133 e. The molecule has 0 fully saturated rings. The van der Waals surface area contributed by atoms with Crippen molar-refractivity contribution in [3.63, 3.8) is 0 Å². The molecule has 0 saturated heterocycles. The van der Waals surface area contributed by atoms with E-state index in [9.17, 15) is 4.79 Å². The van der Waals surface area contributed by atoms with Crippen LogP contribution < -0.4 is 0 Å². The van der Waals surface area contributed by atoms with Crippen molar-refractivity contribution in [2.24, 2.45) is 5.92 Å². The predicted molar refractivity (Wildman–Crippen MR) is 43.9 cm³/mol. The van der Waals surface area contributed by atoms with Gasteiger partial charge in [0.25, 0.3) is 0 Å². The van der Waals surface area contributed by atoms with Crippen LogP contribution in [0.1, 0.15) is 33.6 Å². The number of rotatable bonds is 4. The van der Waals surface area contributed by atoms with Crippen LogP contribution in [-0.2, 0) is 4.79 Å². The Bertz CT molecular complexity index is 125. The Kier molecular flexibility index (Phi) is 4.91. The Morgan fingerprint density at radius 1 is 1.60 bits per heavy atom. The second kappa shape index (κ2) is 5.21. The first-order chi connectivity index (χ1) is 4.66. The Morgan fingerprint density at radius 2 is 2.20 bits per heavy atom. The molecular weight excluding hydrogens is 124 g/mol. The molecule has 0 aromatic heterocycles. The van der Waals surface area contributed by atoms with Gasteiger partial charge in [0, 0.05) is 6.42 Å². The summed E-state index contributed by atoms with van der Waals surface area (Å²) in [6, 6.07) is 0. The first-order valence-corrected chi connectivity index (χ1v) is 3.83. The molecule has 1 nitrogen and oxygen atoms in total. The first-order valence-electron chi connectivity index (χ1n) is 3.83. The van der Waals surface area contributed by atoms with Gasteiger partial charge in [-0.15, -0.1) is 0 Å². The number of carbonyl (C=O) groups excluding carboxylic acids is 1. The van der Waals surface area contributed by atoms with E-state index in [1.807, 2.05) is 6.08 Å². The van der Waals surface area contributed by atoms with Crippen LogP contribution in [0.3, 0.4) is 0 Å². The third-order valence-electron chi connectivity index (χ3n) is 1.51. The highest BCUT2D eigenvalue weighted by atomic mass is 16.1. The van der Waals surface area contributed by atoms with Crippen molar-refractivity contribution in [2.75, 3.05) is 0 Å². The maximum atomic E-state index is 10.5. The zero-order chi connectivity index (χ0) is 7.98. The molecule has 0 aromatic rings. The van der Waals surface area contributed by atoms with Crippen molar-refractivity contribution in [1.82, 2.24) is 0 Å². The molecule has 1 atom stereocenters. The Hall–Kier alpha value is -0.590.